The van der Waals surface area contributed by atoms with Gasteiger partial charge in [-0.25, -0.2) is 0 Å². The molecule has 0 aromatic heterocycles. The molecule has 31 heavy (non-hydrogen) atoms. The normalized spacial score (nSPS) is 26.9. The van der Waals surface area contributed by atoms with E-state index in [2.05, 4.69) is 50.2 Å². The van der Waals surface area contributed by atoms with Crippen LogP contribution in [0.1, 0.15) is 121 Å². The SMILES string of the molecule is CCCCCc1ccc2cc(C3CCC(CCC4CCC(CC)CC4)CC3)ccc2c1. The predicted molar refractivity (Wildman–Crippen MR) is 137 cm³/mol. The van der Waals surface area contributed by atoms with Gasteiger partial charge < -0.3 is 0 Å². The summed E-state index contributed by atoms with van der Waals surface area (Å²) in [5.74, 6) is 3.89. The molecule has 0 heterocycles. The van der Waals surface area contributed by atoms with E-state index in [-0.39, 0.29) is 0 Å². The van der Waals surface area contributed by atoms with E-state index in [9.17, 15) is 0 Å². The van der Waals surface area contributed by atoms with Gasteiger partial charge in [0.15, 0.2) is 0 Å². The van der Waals surface area contributed by atoms with E-state index >= 15 is 0 Å². The van der Waals surface area contributed by atoms with Crippen molar-refractivity contribution >= 4 is 10.8 Å². The Morgan fingerprint density at radius 2 is 1.26 bits per heavy atom. The smallest absolute Gasteiger partial charge is 0.0162 e. The zero-order chi connectivity index (χ0) is 21.5. The van der Waals surface area contributed by atoms with E-state index in [4.69, 9.17) is 0 Å². The predicted octanol–water partition coefficient (Wildman–Crippen LogP) is 9.84. The molecule has 0 heteroatoms. The van der Waals surface area contributed by atoms with Crippen LogP contribution in [0.2, 0.25) is 0 Å². The Bertz CT molecular complexity index is 787. The molecule has 0 atom stereocenters. The Morgan fingerprint density at radius 1 is 0.645 bits per heavy atom. The zero-order valence-electron chi connectivity index (χ0n) is 20.4. The van der Waals surface area contributed by atoms with E-state index in [1.165, 1.54) is 113 Å². The highest BCUT2D eigenvalue weighted by Crippen LogP contribution is 2.40. The van der Waals surface area contributed by atoms with Crippen LogP contribution in [0.4, 0.5) is 0 Å². The molecule has 0 N–H and O–H groups in total. The number of hydrogen-bond donors (Lipinski definition) is 0. The largest absolute Gasteiger partial charge is 0.0654 e. The molecule has 2 aliphatic rings. The molecule has 0 saturated heterocycles. The maximum Gasteiger partial charge on any atom is -0.0162 e. The van der Waals surface area contributed by atoms with E-state index in [0.717, 1.165) is 23.7 Å². The highest BCUT2D eigenvalue weighted by Gasteiger charge is 2.25. The van der Waals surface area contributed by atoms with Crippen LogP contribution in [0.25, 0.3) is 10.8 Å². The van der Waals surface area contributed by atoms with Crippen molar-refractivity contribution in [3.63, 3.8) is 0 Å². The van der Waals surface area contributed by atoms with Crippen molar-refractivity contribution in [2.24, 2.45) is 17.8 Å². The molecule has 2 aromatic carbocycles. The highest BCUT2D eigenvalue weighted by atomic mass is 14.3. The first kappa shape index (κ1) is 22.9. The van der Waals surface area contributed by atoms with E-state index in [1.54, 1.807) is 5.56 Å². The van der Waals surface area contributed by atoms with Gasteiger partial charge in [0.1, 0.15) is 0 Å². The van der Waals surface area contributed by atoms with Gasteiger partial charge in [-0.15, -0.1) is 0 Å². The van der Waals surface area contributed by atoms with Gasteiger partial charge in [-0.05, 0) is 84.1 Å². The molecule has 2 fully saturated rings. The van der Waals surface area contributed by atoms with Crippen LogP contribution in [-0.2, 0) is 6.42 Å². The molecular weight excluding hydrogens is 372 g/mol. The van der Waals surface area contributed by atoms with E-state index < -0.39 is 0 Å². The quantitative estimate of drug-likeness (QED) is 0.355. The van der Waals surface area contributed by atoms with Gasteiger partial charge in [0.25, 0.3) is 0 Å². The Hall–Kier alpha value is -1.30. The van der Waals surface area contributed by atoms with Gasteiger partial charge in [-0.3, -0.25) is 0 Å². The Morgan fingerprint density at radius 3 is 1.94 bits per heavy atom. The van der Waals surface area contributed by atoms with Crippen molar-refractivity contribution in [2.45, 2.75) is 116 Å². The van der Waals surface area contributed by atoms with Crippen molar-refractivity contribution in [1.29, 1.82) is 0 Å². The van der Waals surface area contributed by atoms with Gasteiger partial charge >= 0.3 is 0 Å². The fourth-order valence-electron chi connectivity index (χ4n) is 6.49. The molecule has 2 aromatic rings. The maximum atomic E-state index is 2.50. The molecule has 0 aliphatic heterocycles. The average molecular weight is 419 g/mol. The minimum atomic E-state index is 0.796. The summed E-state index contributed by atoms with van der Waals surface area (Å²) in [7, 11) is 0. The summed E-state index contributed by atoms with van der Waals surface area (Å²) >= 11 is 0. The molecule has 0 nitrogen and oxygen atoms in total. The highest BCUT2D eigenvalue weighted by molar-refractivity contribution is 5.84. The zero-order valence-corrected chi connectivity index (χ0v) is 20.4. The summed E-state index contributed by atoms with van der Waals surface area (Å²) in [4.78, 5) is 0. The van der Waals surface area contributed by atoms with Crippen molar-refractivity contribution in [3.05, 3.63) is 47.5 Å². The Balaban J connectivity index is 1.25. The maximum absolute atomic E-state index is 2.50. The first-order chi connectivity index (χ1) is 15.2. The number of fused-ring (bicyclic) bond motifs is 1. The standard InChI is InChI=1S/C31H46/c1-3-5-6-7-27-16-19-31-23-30(21-20-29(31)22-27)28-17-14-26(15-18-28)13-12-25-10-8-24(4-2)9-11-25/h16,19-26,28H,3-15,17-18H2,1-2H3. The topological polar surface area (TPSA) is 0 Å². The summed E-state index contributed by atoms with van der Waals surface area (Å²) in [6, 6.07) is 14.5. The summed E-state index contributed by atoms with van der Waals surface area (Å²) in [6.45, 7) is 4.67. The number of aryl methyl sites for hydroxylation is 1. The lowest BCUT2D eigenvalue weighted by Crippen LogP contribution is -2.17. The molecule has 4 rings (SSSR count). The van der Waals surface area contributed by atoms with Gasteiger partial charge in [0.05, 0.1) is 0 Å². The van der Waals surface area contributed by atoms with E-state index in [1.807, 2.05) is 0 Å². The summed E-state index contributed by atoms with van der Waals surface area (Å²) in [5, 5.41) is 2.88. The third-order valence-corrected chi connectivity index (χ3v) is 8.84. The van der Waals surface area contributed by atoms with Crippen LogP contribution in [-0.4, -0.2) is 0 Å². The fourth-order valence-corrected chi connectivity index (χ4v) is 6.49. The lowest BCUT2D eigenvalue weighted by Gasteiger charge is -2.32. The fraction of sp³-hybridized carbons (Fsp3) is 0.677. The molecule has 0 unspecified atom stereocenters. The van der Waals surface area contributed by atoms with E-state index in [0.29, 0.717) is 0 Å². The van der Waals surface area contributed by atoms with Crippen molar-refractivity contribution in [1.82, 2.24) is 0 Å². The second kappa shape index (κ2) is 11.5. The number of benzene rings is 2. The minimum Gasteiger partial charge on any atom is -0.0654 e. The van der Waals surface area contributed by atoms with Crippen LogP contribution in [0.3, 0.4) is 0 Å². The van der Waals surface area contributed by atoms with Crippen molar-refractivity contribution < 1.29 is 0 Å². The Kier molecular flexibility index (Phi) is 8.51. The first-order valence-electron chi connectivity index (χ1n) is 13.8. The molecule has 0 radical (unpaired) electrons. The lowest BCUT2D eigenvalue weighted by molar-refractivity contribution is 0.227. The van der Waals surface area contributed by atoms with Crippen LogP contribution in [0, 0.1) is 17.8 Å². The average Bonchev–Trinajstić information content (AvgIpc) is 2.83. The van der Waals surface area contributed by atoms with Gasteiger partial charge in [0.2, 0.25) is 0 Å². The molecule has 0 spiro atoms. The summed E-state index contributed by atoms with van der Waals surface area (Å²) in [6.07, 6.45) is 21.4. The van der Waals surface area contributed by atoms with Crippen LogP contribution >= 0.6 is 0 Å². The third kappa shape index (κ3) is 6.36. The summed E-state index contributed by atoms with van der Waals surface area (Å²) < 4.78 is 0. The molecule has 0 amide bonds. The number of hydrogen-bond acceptors (Lipinski definition) is 0. The lowest BCUT2D eigenvalue weighted by atomic mass is 9.74. The van der Waals surface area contributed by atoms with Crippen molar-refractivity contribution in [2.75, 3.05) is 0 Å². The second-order valence-electron chi connectivity index (χ2n) is 11.0. The third-order valence-electron chi connectivity index (χ3n) is 8.84. The van der Waals surface area contributed by atoms with Gasteiger partial charge in [-0.1, -0.05) is 108 Å². The Labute approximate surface area is 192 Å². The van der Waals surface area contributed by atoms with Gasteiger partial charge in [0, 0.05) is 0 Å². The first-order valence-corrected chi connectivity index (χ1v) is 13.8. The molecule has 170 valence electrons. The monoisotopic (exact) mass is 418 g/mol. The van der Waals surface area contributed by atoms with Gasteiger partial charge in [-0.2, -0.15) is 0 Å². The second-order valence-corrected chi connectivity index (χ2v) is 11.0. The van der Waals surface area contributed by atoms with Crippen LogP contribution in [0.5, 0.6) is 0 Å². The molecular formula is C31H46. The number of unbranched alkanes of at least 4 members (excludes halogenated alkanes) is 2. The summed E-state index contributed by atoms with van der Waals surface area (Å²) in [5.41, 5.74) is 3.11. The van der Waals surface area contributed by atoms with Crippen LogP contribution < -0.4 is 0 Å². The van der Waals surface area contributed by atoms with Crippen molar-refractivity contribution in [3.8, 4) is 0 Å². The minimum absolute atomic E-state index is 0.796. The van der Waals surface area contributed by atoms with Crippen LogP contribution in [0.15, 0.2) is 36.4 Å². The molecule has 2 aliphatic carbocycles. The number of rotatable bonds is 9. The molecule has 0 bridgehead atoms. The molecule has 2 saturated carbocycles.